The predicted molar refractivity (Wildman–Crippen MR) is 90.0 cm³/mol. The number of fused-ring (bicyclic) bond motifs is 3. The average molecular weight is 306 g/mol. The third-order valence-corrected chi connectivity index (χ3v) is 4.35. The maximum Gasteiger partial charge on any atom is 0.257 e. The molecule has 0 saturated heterocycles. The minimum atomic E-state index is 0.0781. The average Bonchev–Trinajstić information content (AvgIpc) is 2.63. The van der Waals surface area contributed by atoms with Crippen molar-refractivity contribution in [2.24, 2.45) is 0 Å². The van der Waals surface area contributed by atoms with Crippen molar-refractivity contribution in [2.75, 3.05) is 6.61 Å². The van der Waals surface area contributed by atoms with Crippen LogP contribution in [-0.2, 0) is 19.4 Å². The topological polar surface area (TPSA) is 44.1 Å². The number of para-hydroxylation sites is 1. The van der Waals surface area contributed by atoms with Crippen molar-refractivity contribution in [1.29, 1.82) is 0 Å². The lowest BCUT2D eigenvalue weighted by Gasteiger charge is -2.21. The molecule has 0 unspecified atom stereocenters. The first-order valence-corrected chi connectivity index (χ1v) is 8.02. The molecule has 0 fully saturated rings. The van der Waals surface area contributed by atoms with E-state index in [4.69, 9.17) is 4.74 Å². The van der Waals surface area contributed by atoms with E-state index in [1.54, 1.807) is 6.20 Å². The zero-order valence-corrected chi connectivity index (χ0v) is 12.9. The highest BCUT2D eigenvalue weighted by Crippen LogP contribution is 2.31. The second-order valence-electron chi connectivity index (χ2n) is 5.80. The Labute approximate surface area is 134 Å². The van der Waals surface area contributed by atoms with Crippen LogP contribution in [0.3, 0.4) is 0 Å². The molecule has 1 aromatic carbocycles. The van der Waals surface area contributed by atoms with Crippen molar-refractivity contribution in [3.8, 4) is 5.75 Å². The van der Waals surface area contributed by atoms with Crippen LogP contribution in [0.4, 0.5) is 0 Å². The summed E-state index contributed by atoms with van der Waals surface area (Å²) in [7, 11) is 0. The van der Waals surface area contributed by atoms with E-state index in [2.05, 4.69) is 4.98 Å². The number of pyridine rings is 2. The first-order valence-electron chi connectivity index (χ1n) is 8.02. The minimum Gasteiger partial charge on any atom is -0.492 e. The van der Waals surface area contributed by atoms with E-state index in [0.29, 0.717) is 13.2 Å². The first kappa shape index (κ1) is 14.0. The molecule has 0 radical (unpaired) electrons. The van der Waals surface area contributed by atoms with E-state index in [-0.39, 0.29) is 5.56 Å². The highest BCUT2D eigenvalue weighted by atomic mass is 16.5. The standard InChI is InChI=1S/C19H18N2O2/c22-19-16-8-5-13-23-18(16)15-7-1-2-9-17(15)21(19)12-10-14-6-3-4-11-20-14/h1-4,6-7,9,11H,5,8,10,12-13H2. The Morgan fingerprint density at radius 3 is 2.87 bits per heavy atom. The maximum atomic E-state index is 12.9. The van der Waals surface area contributed by atoms with Crippen molar-refractivity contribution in [3.63, 3.8) is 0 Å². The predicted octanol–water partition coefficient (Wildman–Crippen LogP) is 2.96. The number of ether oxygens (including phenoxy) is 1. The maximum absolute atomic E-state index is 12.9. The summed E-state index contributed by atoms with van der Waals surface area (Å²) in [5, 5.41) is 1.03. The van der Waals surface area contributed by atoms with Gasteiger partial charge in [-0.25, -0.2) is 0 Å². The van der Waals surface area contributed by atoms with E-state index in [1.165, 1.54) is 0 Å². The van der Waals surface area contributed by atoms with Gasteiger partial charge >= 0.3 is 0 Å². The Hall–Kier alpha value is -2.62. The van der Waals surface area contributed by atoms with Gasteiger partial charge in [0, 0.05) is 30.2 Å². The van der Waals surface area contributed by atoms with Gasteiger partial charge in [-0.2, -0.15) is 0 Å². The summed E-state index contributed by atoms with van der Waals surface area (Å²) in [6, 6.07) is 13.9. The Morgan fingerprint density at radius 1 is 1.13 bits per heavy atom. The monoisotopic (exact) mass is 306 g/mol. The Kier molecular flexibility index (Phi) is 3.58. The summed E-state index contributed by atoms with van der Waals surface area (Å²) < 4.78 is 7.68. The van der Waals surface area contributed by atoms with Crippen LogP contribution in [0.5, 0.6) is 5.75 Å². The lowest BCUT2D eigenvalue weighted by atomic mass is 10.0. The summed E-state index contributed by atoms with van der Waals surface area (Å²) in [6.45, 7) is 1.32. The fourth-order valence-electron chi connectivity index (χ4n) is 3.24. The molecule has 23 heavy (non-hydrogen) atoms. The van der Waals surface area contributed by atoms with E-state index in [9.17, 15) is 4.79 Å². The van der Waals surface area contributed by atoms with Gasteiger partial charge in [0.25, 0.3) is 5.56 Å². The molecule has 4 rings (SSSR count). The molecule has 0 atom stereocenters. The molecular weight excluding hydrogens is 288 g/mol. The summed E-state index contributed by atoms with van der Waals surface area (Å²) in [6.07, 6.45) is 4.23. The van der Waals surface area contributed by atoms with E-state index in [1.807, 2.05) is 47.0 Å². The Morgan fingerprint density at radius 2 is 2.00 bits per heavy atom. The fourth-order valence-corrected chi connectivity index (χ4v) is 3.24. The number of rotatable bonds is 3. The molecule has 4 nitrogen and oxygen atoms in total. The van der Waals surface area contributed by atoms with Gasteiger partial charge in [0.2, 0.25) is 0 Å². The fraction of sp³-hybridized carbons (Fsp3) is 0.263. The molecule has 3 aromatic rings. The summed E-state index contributed by atoms with van der Waals surface area (Å²) >= 11 is 0. The van der Waals surface area contributed by atoms with Gasteiger partial charge in [0.05, 0.1) is 17.7 Å². The number of nitrogens with zero attached hydrogens (tertiary/aromatic N) is 2. The number of aryl methyl sites for hydroxylation is 2. The zero-order chi connectivity index (χ0) is 15.6. The van der Waals surface area contributed by atoms with Gasteiger partial charge in [-0.05, 0) is 37.1 Å². The second-order valence-corrected chi connectivity index (χ2v) is 5.80. The van der Waals surface area contributed by atoms with Gasteiger partial charge in [-0.1, -0.05) is 18.2 Å². The number of hydrogen-bond acceptors (Lipinski definition) is 3. The molecule has 0 spiro atoms. The number of aromatic nitrogens is 2. The molecule has 3 heterocycles. The molecule has 4 heteroatoms. The zero-order valence-electron chi connectivity index (χ0n) is 12.9. The van der Waals surface area contributed by atoms with E-state index >= 15 is 0 Å². The summed E-state index contributed by atoms with van der Waals surface area (Å²) in [4.78, 5) is 17.3. The van der Waals surface area contributed by atoms with Crippen LogP contribution in [0.25, 0.3) is 10.9 Å². The molecule has 0 amide bonds. The van der Waals surface area contributed by atoms with Crippen LogP contribution in [0.1, 0.15) is 17.7 Å². The summed E-state index contributed by atoms with van der Waals surface area (Å²) in [5.41, 5.74) is 2.83. The van der Waals surface area contributed by atoms with Gasteiger partial charge in [-0.3, -0.25) is 9.78 Å². The van der Waals surface area contributed by atoms with Crippen LogP contribution < -0.4 is 10.3 Å². The number of benzene rings is 1. The quantitative estimate of drug-likeness (QED) is 0.747. The molecule has 0 aliphatic carbocycles. The van der Waals surface area contributed by atoms with E-state index in [0.717, 1.165) is 47.2 Å². The number of hydrogen-bond donors (Lipinski definition) is 0. The van der Waals surface area contributed by atoms with Crippen molar-refractivity contribution in [3.05, 3.63) is 70.3 Å². The minimum absolute atomic E-state index is 0.0781. The van der Waals surface area contributed by atoms with Gasteiger partial charge < -0.3 is 9.30 Å². The molecule has 0 N–H and O–H groups in total. The molecule has 0 saturated carbocycles. The molecule has 0 bridgehead atoms. The molecule has 2 aromatic heterocycles. The normalized spacial score (nSPS) is 13.6. The van der Waals surface area contributed by atoms with Crippen LogP contribution in [0.2, 0.25) is 0 Å². The van der Waals surface area contributed by atoms with Crippen molar-refractivity contribution in [2.45, 2.75) is 25.8 Å². The van der Waals surface area contributed by atoms with E-state index < -0.39 is 0 Å². The first-order chi connectivity index (χ1) is 11.3. The lowest BCUT2D eigenvalue weighted by Crippen LogP contribution is -2.28. The lowest BCUT2D eigenvalue weighted by molar-refractivity contribution is 0.290. The third-order valence-electron chi connectivity index (χ3n) is 4.35. The van der Waals surface area contributed by atoms with Crippen molar-refractivity contribution < 1.29 is 4.74 Å². The third kappa shape index (κ3) is 2.50. The highest BCUT2D eigenvalue weighted by Gasteiger charge is 2.20. The van der Waals surface area contributed by atoms with Crippen LogP contribution in [0.15, 0.2) is 53.5 Å². The van der Waals surface area contributed by atoms with Crippen molar-refractivity contribution >= 4 is 10.9 Å². The Bertz CT molecular complexity index is 900. The van der Waals surface area contributed by atoms with Crippen LogP contribution in [0, 0.1) is 0 Å². The van der Waals surface area contributed by atoms with Crippen LogP contribution in [-0.4, -0.2) is 16.2 Å². The van der Waals surface area contributed by atoms with Crippen molar-refractivity contribution in [1.82, 2.24) is 9.55 Å². The largest absolute Gasteiger partial charge is 0.492 e. The van der Waals surface area contributed by atoms with Gasteiger partial charge in [0.1, 0.15) is 5.75 Å². The molecular formula is C19H18N2O2. The Balaban J connectivity index is 1.82. The highest BCUT2D eigenvalue weighted by molar-refractivity contribution is 5.86. The molecule has 116 valence electrons. The SMILES string of the molecule is O=c1c2c(c3ccccc3n1CCc1ccccn1)OCCC2. The van der Waals surface area contributed by atoms with Crippen LogP contribution >= 0.6 is 0 Å². The van der Waals surface area contributed by atoms with Gasteiger partial charge in [-0.15, -0.1) is 0 Å². The molecule has 1 aliphatic rings. The summed E-state index contributed by atoms with van der Waals surface area (Å²) in [5.74, 6) is 0.783. The second kappa shape index (κ2) is 5.88. The molecule has 1 aliphatic heterocycles. The van der Waals surface area contributed by atoms with Gasteiger partial charge in [0.15, 0.2) is 0 Å². The smallest absolute Gasteiger partial charge is 0.257 e.